The Hall–Kier alpha value is -2.34. The molecule has 2 aromatic rings. The van der Waals surface area contributed by atoms with Gasteiger partial charge in [0.05, 0.1) is 16.5 Å². The lowest BCUT2D eigenvalue weighted by atomic mass is 9.96. The topological polar surface area (TPSA) is 66.5 Å². The van der Waals surface area contributed by atoms with E-state index in [2.05, 4.69) is 4.72 Å². The smallest absolute Gasteiger partial charge is 0.262 e. The van der Waals surface area contributed by atoms with Crippen molar-refractivity contribution in [2.75, 3.05) is 16.2 Å². The van der Waals surface area contributed by atoms with Crippen LogP contribution in [0.4, 0.5) is 11.4 Å². The number of carbonyl (C=O) groups is 1. The Morgan fingerprint density at radius 3 is 2.41 bits per heavy atom. The maximum absolute atomic E-state index is 13.1. The van der Waals surface area contributed by atoms with Gasteiger partial charge in [-0.05, 0) is 74.9 Å². The number of benzene rings is 2. The lowest BCUT2D eigenvalue weighted by molar-refractivity contribution is -0.119. The third-order valence-corrected chi connectivity index (χ3v) is 7.23. The fraction of sp³-hybridized carbons (Fsp3) is 0.381. The Labute approximate surface area is 160 Å². The summed E-state index contributed by atoms with van der Waals surface area (Å²) in [5.41, 5.74) is 6.00. The number of hydrogen-bond acceptors (Lipinski definition) is 3. The van der Waals surface area contributed by atoms with Crippen LogP contribution in [0.1, 0.15) is 47.1 Å². The van der Waals surface area contributed by atoms with Gasteiger partial charge in [0.15, 0.2) is 0 Å². The maximum atomic E-state index is 13.1. The second-order valence-electron chi connectivity index (χ2n) is 7.72. The van der Waals surface area contributed by atoms with Gasteiger partial charge in [0.1, 0.15) is 0 Å². The van der Waals surface area contributed by atoms with Crippen LogP contribution in [0, 0.1) is 20.8 Å². The first kappa shape index (κ1) is 18.0. The van der Waals surface area contributed by atoms with Crippen molar-refractivity contribution < 1.29 is 13.2 Å². The first-order chi connectivity index (χ1) is 12.7. The SMILES string of the molecule is Cc1cc(C)c(S(=O)(=O)Nc2cc3c4c(c2)[C@H](C)C(=O)N4CCC3)c(C)c1. The van der Waals surface area contributed by atoms with Gasteiger partial charge in [-0.15, -0.1) is 0 Å². The largest absolute Gasteiger partial charge is 0.311 e. The number of hydrogen-bond donors (Lipinski definition) is 1. The number of aryl methyl sites for hydroxylation is 4. The van der Waals surface area contributed by atoms with Crippen molar-refractivity contribution in [3.8, 4) is 0 Å². The standard InChI is InChI=1S/C21H24N2O3S/c1-12-8-13(2)20(14(3)9-12)27(25,26)22-17-10-16-6-5-7-23-19(16)18(11-17)15(4)21(23)24/h8-11,15,22H,5-7H2,1-4H3/t15-/m0/s1. The molecule has 2 aliphatic rings. The highest BCUT2D eigenvalue weighted by atomic mass is 32.2. The summed E-state index contributed by atoms with van der Waals surface area (Å²) < 4.78 is 28.9. The predicted molar refractivity (Wildman–Crippen MR) is 107 cm³/mol. The van der Waals surface area contributed by atoms with Gasteiger partial charge >= 0.3 is 0 Å². The minimum Gasteiger partial charge on any atom is -0.311 e. The summed E-state index contributed by atoms with van der Waals surface area (Å²) in [6.45, 7) is 8.23. The molecule has 0 bridgehead atoms. The Morgan fingerprint density at radius 2 is 1.74 bits per heavy atom. The van der Waals surface area contributed by atoms with Crippen LogP contribution >= 0.6 is 0 Å². The van der Waals surface area contributed by atoms with E-state index < -0.39 is 10.0 Å². The van der Waals surface area contributed by atoms with Crippen LogP contribution in [0.5, 0.6) is 0 Å². The lowest BCUT2D eigenvalue weighted by Crippen LogP contribution is -2.32. The molecule has 0 aliphatic carbocycles. The number of sulfonamides is 1. The van der Waals surface area contributed by atoms with Crippen molar-refractivity contribution in [1.82, 2.24) is 0 Å². The molecule has 0 spiro atoms. The highest BCUT2D eigenvalue weighted by Gasteiger charge is 2.38. The molecule has 27 heavy (non-hydrogen) atoms. The Morgan fingerprint density at radius 1 is 1.07 bits per heavy atom. The van der Waals surface area contributed by atoms with E-state index in [1.807, 2.05) is 56.9 Å². The number of amides is 1. The van der Waals surface area contributed by atoms with Gasteiger partial charge in [0.25, 0.3) is 10.0 Å². The summed E-state index contributed by atoms with van der Waals surface area (Å²) in [5.74, 6) is -0.125. The molecule has 0 saturated heterocycles. The highest BCUT2D eigenvalue weighted by Crippen LogP contribution is 2.44. The zero-order valence-electron chi connectivity index (χ0n) is 16.1. The highest BCUT2D eigenvalue weighted by molar-refractivity contribution is 7.92. The van der Waals surface area contributed by atoms with Crippen molar-refractivity contribution in [3.63, 3.8) is 0 Å². The van der Waals surface area contributed by atoms with Crippen LogP contribution in [-0.4, -0.2) is 20.9 Å². The summed E-state index contributed by atoms with van der Waals surface area (Å²) in [4.78, 5) is 14.7. The average molecular weight is 385 g/mol. The molecule has 1 atom stereocenters. The molecule has 0 fully saturated rings. The first-order valence-corrected chi connectivity index (χ1v) is 10.8. The first-order valence-electron chi connectivity index (χ1n) is 9.28. The van der Waals surface area contributed by atoms with E-state index in [1.165, 1.54) is 0 Å². The number of nitrogens with one attached hydrogen (secondary N) is 1. The molecule has 0 aromatic heterocycles. The fourth-order valence-electron chi connectivity index (χ4n) is 4.55. The summed E-state index contributed by atoms with van der Waals surface area (Å²) >= 11 is 0. The van der Waals surface area contributed by atoms with E-state index in [-0.39, 0.29) is 11.8 Å². The molecule has 2 aliphatic heterocycles. The Balaban J connectivity index is 1.78. The lowest BCUT2D eigenvalue weighted by Gasteiger charge is -2.26. The number of carbonyl (C=O) groups excluding carboxylic acids is 1. The molecule has 5 nitrogen and oxygen atoms in total. The van der Waals surface area contributed by atoms with Crippen LogP contribution in [0.2, 0.25) is 0 Å². The fourth-order valence-corrected chi connectivity index (χ4v) is 6.05. The normalized spacial score (nSPS) is 18.6. The van der Waals surface area contributed by atoms with E-state index in [9.17, 15) is 13.2 Å². The molecule has 0 unspecified atom stereocenters. The van der Waals surface area contributed by atoms with E-state index in [0.29, 0.717) is 10.6 Å². The Bertz CT molecular complexity index is 1050. The second-order valence-corrected chi connectivity index (χ2v) is 9.34. The van der Waals surface area contributed by atoms with Crippen LogP contribution < -0.4 is 9.62 Å². The van der Waals surface area contributed by atoms with Gasteiger partial charge in [-0.3, -0.25) is 9.52 Å². The molecule has 6 heteroatoms. The van der Waals surface area contributed by atoms with Crippen LogP contribution in [0.25, 0.3) is 0 Å². The van der Waals surface area contributed by atoms with Crippen molar-refractivity contribution in [1.29, 1.82) is 0 Å². The number of anilines is 2. The van der Waals surface area contributed by atoms with Gasteiger partial charge in [-0.2, -0.15) is 0 Å². The molecule has 142 valence electrons. The van der Waals surface area contributed by atoms with Gasteiger partial charge in [0, 0.05) is 12.2 Å². The molecule has 2 aromatic carbocycles. The zero-order chi connectivity index (χ0) is 19.5. The van der Waals surface area contributed by atoms with Crippen molar-refractivity contribution >= 4 is 27.3 Å². The maximum Gasteiger partial charge on any atom is 0.262 e. The Kier molecular flexibility index (Phi) is 4.07. The van der Waals surface area contributed by atoms with Gasteiger partial charge in [-0.25, -0.2) is 8.42 Å². The molecule has 1 amide bonds. The molecule has 4 rings (SSSR count). The van der Waals surface area contributed by atoms with Crippen LogP contribution in [0.3, 0.4) is 0 Å². The molecule has 2 heterocycles. The van der Waals surface area contributed by atoms with E-state index in [1.54, 1.807) is 0 Å². The second kappa shape index (κ2) is 6.09. The monoisotopic (exact) mass is 384 g/mol. The molecular formula is C21H24N2O3S. The van der Waals surface area contributed by atoms with E-state index in [0.717, 1.165) is 52.9 Å². The number of rotatable bonds is 3. The van der Waals surface area contributed by atoms with Crippen LogP contribution in [-0.2, 0) is 21.2 Å². The van der Waals surface area contributed by atoms with Gasteiger partial charge in [-0.1, -0.05) is 17.7 Å². The summed E-state index contributed by atoms with van der Waals surface area (Å²) in [7, 11) is -3.71. The van der Waals surface area contributed by atoms with Gasteiger partial charge in [0.2, 0.25) is 5.91 Å². The third kappa shape index (κ3) is 2.83. The minimum atomic E-state index is -3.71. The average Bonchev–Trinajstić information content (AvgIpc) is 2.80. The van der Waals surface area contributed by atoms with E-state index in [4.69, 9.17) is 0 Å². The van der Waals surface area contributed by atoms with Crippen molar-refractivity contribution in [3.05, 3.63) is 52.1 Å². The summed E-state index contributed by atoms with van der Waals surface area (Å²) in [6.07, 6.45) is 1.76. The molecule has 0 saturated carbocycles. The predicted octanol–water partition coefficient (Wildman–Crippen LogP) is 3.81. The number of nitrogens with zero attached hydrogens (tertiary/aromatic N) is 1. The van der Waals surface area contributed by atoms with E-state index >= 15 is 0 Å². The quantitative estimate of drug-likeness (QED) is 0.875. The van der Waals surface area contributed by atoms with Crippen LogP contribution in [0.15, 0.2) is 29.2 Å². The van der Waals surface area contributed by atoms with Gasteiger partial charge < -0.3 is 4.90 Å². The summed E-state index contributed by atoms with van der Waals surface area (Å²) in [5, 5.41) is 0. The van der Waals surface area contributed by atoms with Crippen molar-refractivity contribution in [2.24, 2.45) is 0 Å². The molecular weight excluding hydrogens is 360 g/mol. The minimum absolute atomic E-state index is 0.108. The molecule has 1 N–H and O–H groups in total. The molecule has 0 radical (unpaired) electrons. The zero-order valence-corrected chi connectivity index (χ0v) is 16.9. The summed E-state index contributed by atoms with van der Waals surface area (Å²) in [6, 6.07) is 7.47. The third-order valence-electron chi connectivity index (χ3n) is 5.54. The van der Waals surface area contributed by atoms with Crippen molar-refractivity contribution in [2.45, 2.75) is 51.3 Å².